The van der Waals surface area contributed by atoms with Gasteiger partial charge in [-0.1, -0.05) is 0 Å². The maximum absolute atomic E-state index is 13.3. The SMILES string of the molecule is CSCC[C@H](NC(=O)[C@H](CC(=O)O)NC(=O)CNC(=O)[C@H](CCCN=C(N)N)NC(=O)[C@H](CCCN=C(N)N)NC(=O)[C@@H](N)CO)C(=O)N[C@@H](CO)C(N)=O. The topological polar surface area (TPSA) is 450 Å². The number of carboxylic acid groups (broad SMARTS) is 1. The number of nitrogens with two attached hydrogens (primary N) is 6. The minimum atomic E-state index is -1.75. The van der Waals surface area contributed by atoms with Crippen LogP contribution in [0.1, 0.15) is 38.5 Å². The van der Waals surface area contributed by atoms with Gasteiger partial charge in [0.05, 0.1) is 26.2 Å². The molecule has 0 aliphatic rings. The third-order valence-corrected chi connectivity index (χ3v) is 7.87. The molecule has 6 atom stereocenters. The molecule has 0 heterocycles. The highest BCUT2D eigenvalue weighted by molar-refractivity contribution is 7.98. The lowest BCUT2D eigenvalue weighted by Gasteiger charge is -2.24. The summed E-state index contributed by atoms with van der Waals surface area (Å²) in [7, 11) is 0. The molecule has 25 nitrogen and oxygen atoms in total. The number of rotatable bonds is 28. The number of amides is 7. The molecule has 312 valence electrons. The van der Waals surface area contributed by atoms with Gasteiger partial charge in [-0.25, -0.2) is 0 Å². The lowest BCUT2D eigenvalue weighted by Crippen LogP contribution is -2.58. The van der Waals surface area contributed by atoms with Gasteiger partial charge in [0.25, 0.3) is 0 Å². The molecule has 0 radical (unpaired) electrons. The number of aliphatic carboxylic acids is 1. The average molecular weight is 807 g/mol. The Morgan fingerprint density at radius 2 is 1.07 bits per heavy atom. The van der Waals surface area contributed by atoms with Crippen molar-refractivity contribution in [3.05, 3.63) is 0 Å². The molecule has 0 aliphatic heterocycles. The Labute approximate surface area is 320 Å². The summed E-state index contributed by atoms with van der Waals surface area (Å²) in [4.78, 5) is 109. The molecule has 0 saturated carbocycles. The van der Waals surface area contributed by atoms with Crippen LogP contribution in [-0.4, -0.2) is 156 Å². The molecule has 21 N–H and O–H groups in total. The van der Waals surface area contributed by atoms with Crippen molar-refractivity contribution >= 4 is 71.0 Å². The molecule has 0 bridgehead atoms. The molecular weight excluding hydrogens is 752 g/mol. The van der Waals surface area contributed by atoms with E-state index in [-0.39, 0.29) is 57.1 Å². The predicted octanol–water partition coefficient (Wildman–Crippen LogP) is -8.34. The van der Waals surface area contributed by atoms with Crippen molar-refractivity contribution in [3.63, 3.8) is 0 Å². The van der Waals surface area contributed by atoms with Crippen LogP contribution in [0, 0.1) is 0 Å². The van der Waals surface area contributed by atoms with Gasteiger partial charge in [0.2, 0.25) is 41.4 Å². The molecule has 55 heavy (non-hydrogen) atoms. The number of aliphatic hydroxyl groups excluding tert-OH is 2. The Morgan fingerprint density at radius 3 is 1.51 bits per heavy atom. The second kappa shape index (κ2) is 27.2. The second-order valence-electron chi connectivity index (χ2n) is 11.7. The quantitative estimate of drug-likeness (QED) is 0.0198. The molecule has 0 spiro atoms. The average Bonchev–Trinajstić information content (AvgIpc) is 3.11. The molecule has 0 aromatic rings. The Hall–Kier alpha value is -5.47. The van der Waals surface area contributed by atoms with Crippen molar-refractivity contribution in [2.24, 2.45) is 44.4 Å². The number of primary amides is 1. The minimum Gasteiger partial charge on any atom is -0.481 e. The molecule has 0 saturated heterocycles. The highest BCUT2D eigenvalue weighted by Crippen LogP contribution is 2.06. The number of nitrogens with one attached hydrogen (secondary N) is 6. The van der Waals surface area contributed by atoms with E-state index in [1.54, 1.807) is 6.26 Å². The molecule has 0 aromatic carbocycles. The number of carbonyl (C=O) groups excluding carboxylic acids is 7. The number of aliphatic imine (C=N–C) groups is 2. The van der Waals surface area contributed by atoms with E-state index in [2.05, 4.69) is 41.9 Å². The molecule has 26 heteroatoms. The monoisotopic (exact) mass is 806 g/mol. The Bertz CT molecular complexity index is 1380. The third kappa shape index (κ3) is 21.7. The van der Waals surface area contributed by atoms with Crippen molar-refractivity contribution in [2.75, 3.05) is 44.9 Å². The van der Waals surface area contributed by atoms with Gasteiger partial charge in [0, 0.05) is 13.1 Å². The van der Waals surface area contributed by atoms with Gasteiger partial charge in [0.1, 0.15) is 36.3 Å². The Kier molecular flexibility index (Phi) is 24.5. The van der Waals surface area contributed by atoms with Crippen LogP contribution in [0.25, 0.3) is 0 Å². The number of hydrogen-bond donors (Lipinski definition) is 15. The summed E-state index contributed by atoms with van der Waals surface area (Å²) in [6.07, 6.45) is 0.990. The zero-order valence-electron chi connectivity index (χ0n) is 30.3. The van der Waals surface area contributed by atoms with E-state index in [0.29, 0.717) is 5.75 Å². The van der Waals surface area contributed by atoms with E-state index in [4.69, 9.17) is 34.4 Å². The fourth-order valence-electron chi connectivity index (χ4n) is 4.35. The lowest BCUT2D eigenvalue weighted by atomic mass is 10.1. The van der Waals surface area contributed by atoms with E-state index < -0.39 is 110 Å². The number of thioether (sulfide) groups is 1. The Balaban J connectivity index is 5.97. The zero-order chi connectivity index (χ0) is 42.1. The van der Waals surface area contributed by atoms with Gasteiger partial charge in [0.15, 0.2) is 11.9 Å². The van der Waals surface area contributed by atoms with Crippen LogP contribution < -0.4 is 66.3 Å². The standard InChI is InChI=1S/C29H54N14O11S/c1-55-9-6-17(26(53)43-19(13-45)22(31)49)42-27(54)18(10-21(47)48)39-20(46)11-38-24(51)15(4-2-7-36-28(32)33)41-25(52)16(5-3-8-37-29(34)35)40-23(50)14(30)12-44/h14-19,44-45H,2-13,30H2,1H3,(H2,31,49)(H,38,51)(H,39,46)(H,40,50)(H,41,52)(H,42,54)(H,43,53)(H,47,48)(H4,32,33,36)(H4,34,35,37)/t14-,15-,16-,17-,18-,19-/m0/s1. The molecule has 0 fully saturated rings. The van der Waals surface area contributed by atoms with Gasteiger partial charge >= 0.3 is 5.97 Å². The summed E-state index contributed by atoms with van der Waals surface area (Å²) in [5.41, 5.74) is 32.1. The maximum Gasteiger partial charge on any atom is 0.305 e. The van der Waals surface area contributed by atoms with Gasteiger partial charge in [-0.2, -0.15) is 11.8 Å². The van der Waals surface area contributed by atoms with E-state index in [0.717, 1.165) is 0 Å². The molecular formula is C29H54N14O11S. The summed E-state index contributed by atoms with van der Waals surface area (Å²) in [6, 6.07) is -8.54. The van der Waals surface area contributed by atoms with Crippen LogP contribution in [0.3, 0.4) is 0 Å². The van der Waals surface area contributed by atoms with Crippen LogP contribution in [0.15, 0.2) is 9.98 Å². The van der Waals surface area contributed by atoms with Crippen molar-refractivity contribution in [1.82, 2.24) is 31.9 Å². The number of carboxylic acids is 1. The summed E-state index contributed by atoms with van der Waals surface area (Å²) < 4.78 is 0. The van der Waals surface area contributed by atoms with E-state index >= 15 is 0 Å². The van der Waals surface area contributed by atoms with Crippen LogP contribution in [-0.2, 0) is 38.4 Å². The van der Waals surface area contributed by atoms with Crippen LogP contribution in [0.2, 0.25) is 0 Å². The largest absolute Gasteiger partial charge is 0.481 e. The van der Waals surface area contributed by atoms with E-state index in [1.165, 1.54) is 11.8 Å². The molecule has 0 rings (SSSR count). The minimum absolute atomic E-state index is 0.00474. The van der Waals surface area contributed by atoms with E-state index in [9.17, 15) is 53.7 Å². The number of carbonyl (C=O) groups is 8. The Morgan fingerprint density at radius 1 is 0.618 bits per heavy atom. The number of aliphatic hydroxyl groups is 2. The molecule has 0 aliphatic carbocycles. The first kappa shape index (κ1) is 49.5. The first-order valence-electron chi connectivity index (χ1n) is 16.7. The highest BCUT2D eigenvalue weighted by Gasteiger charge is 2.31. The molecule has 7 amide bonds. The number of nitrogens with zero attached hydrogens (tertiary/aromatic N) is 2. The fourth-order valence-corrected chi connectivity index (χ4v) is 4.83. The lowest BCUT2D eigenvalue weighted by molar-refractivity contribution is -0.141. The normalized spacial score (nSPS) is 13.9. The van der Waals surface area contributed by atoms with Crippen LogP contribution in [0.5, 0.6) is 0 Å². The van der Waals surface area contributed by atoms with Crippen LogP contribution >= 0.6 is 11.8 Å². The predicted molar refractivity (Wildman–Crippen MR) is 199 cm³/mol. The summed E-state index contributed by atoms with van der Waals surface area (Å²) in [5.74, 6) is -8.35. The number of guanidine groups is 2. The van der Waals surface area contributed by atoms with Crippen LogP contribution in [0.4, 0.5) is 0 Å². The van der Waals surface area contributed by atoms with Crippen molar-refractivity contribution in [2.45, 2.75) is 74.8 Å². The van der Waals surface area contributed by atoms with Gasteiger partial charge in [-0.15, -0.1) is 0 Å². The first-order valence-corrected chi connectivity index (χ1v) is 18.1. The summed E-state index contributed by atoms with van der Waals surface area (Å²) in [5, 5.41) is 41.8. The first-order chi connectivity index (χ1) is 25.9. The molecule has 0 unspecified atom stereocenters. The second-order valence-corrected chi connectivity index (χ2v) is 12.7. The zero-order valence-corrected chi connectivity index (χ0v) is 31.1. The maximum atomic E-state index is 13.3. The van der Waals surface area contributed by atoms with Gasteiger partial charge in [-0.05, 0) is 44.1 Å². The summed E-state index contributed by atoms with van der Waals surface area (Å²) in [6.45, 7) is -2.25. The third-order valence-electron chi connectivity index (χ3n) is 7.23. The van der Waals surface area contributed by atoms with Crippen molar-refractivity contribution in [1.29, 1.82) is 0 Å². The van der Waals surface area contributed by atoms with Gasteiger partial charge in [-0.3, -0.25) is 48.3 Å². The van der Waals surface area contributed by atoms with Crippen molar-refractivity contribution < 1.29 is 53.7 Å². The van der Waals surface area contributed by atoms with E-state index in [1.807, 2.05) is 0 Å². The fraction of sp³-hybridized carbons (Fsp3) is 0.655. The van der Waals surface area contributed by atoms with Gasteiger partial charge < -0.3 is 81.6 Å². The van der Waals surface area contributed by atoms with Crippen molar-refractivity contribution in [3.8, 4) is 0 Å². The smallest absolute Gasteiger partial charge is 0.305 e. The summed E-state index contributed by atoms with van der Waals surface area (Å²) >= 11 is 1.30. The number of hydrogen-bond acceptors (Lipinski definition) is 14. The molecule has 0 aromatic heterocycles. The highest BCUT2D eigenvalue weighted by atomic mass is 32.2.